The summed E-state index contributed by atoms with van der Waals surface area (Å²) in [6.07, 6.45) is 1.12. The second-order valence-electron chi connectivity index (χ2n) is 2.22. The number of hydrogen-bond donors (Lipinski definition) is 2. The van der Waals surface area contributed by atoms with E-state index in [0.717, 1.165) is 0 Å². The third kappa shape index (κ3) is 55.1. The average molecular weight is 220 g/mol. The van der Waals surface area contributed by atoms with Crippen molar-refractivity contribution >= 4 is 11.9 Å². The van der Waals surface area contributed by atoms with Crippen molar-refractivity contribution in [3.63, 3.8) is 0 Å². The Morgan fingerprint density at radius 3 is 1.29 bits per heavy atom. The molecule has 72 valence electrons. The largest absolute Gasteiger partial charge is 1.00 e. The molecule has 0 aromatic heterocycles. The van der Waals surface area contributed by atoms with Crippen LogP contribution in [0.1, 0.15) is 16.7 Å². The maximum atomic E-state index is 9.55. The monoisotopic (exact) mass is 220 g/mol. The van der Waals surface area contributed by atoms with Crippen LogP contribution in [0.2, 0.25) is 0 Å². The molecule has 0 heterocycles. The van der Waals surface area contributed by atoms with Crippen LogP contribution in [0.15, 0.2) is 24.3 Å². The first-order valence-corrected chi connectivity index (χ1v) is 3.12. The van der Waals surface area contributed by atoms with Crippen molar-refractivity contribution in [2.24, 2.45) is 0 Å². The van der Waals surface area contributed by atoms with Gasteiger partial charge in [-0.25, -0.2) is 9.59 Å². The number of carbonyl (C=O) groups is 2. The Bertz CT molecular complexity index is 200. The predicted molar refractivity (Wildman–Crippen MR) is 47.1 cm³/mol. The van der Waals surface area contributed by atoms with Crippen molar-refractivity contribution in [2.75, 3.05) is 0 Å². The maximum Gasteiger partial charge on any atom is 1.00 e. The predicted octanol–water partition coefficient (Wildman–Crippen LogP) is -4.47. The number of carboxylic acid groups (broad SMARTS) is 2. The zero-order valence-electron chi connectivity index (χ0n) is 11.1. The molecule has 0 amide bonds. The molecule has 0 radical (unpaired) electrons. The molecule has 2 N–H and O–H groups in total. The molecule has 0 aliphatic rings. The SMILES string of the molecule is C=C(C)C.O=C(O)/C=C\C(=O)O.[H-].[H-].[Na+].[Na+]. The van der Waals surface area contributed by atoms with E-state index in [9.17, 15) is 9.59 Å². The van der Waals surface area contributed by atoms with Gasteiger partial charge in [-0.2, -0.15) is 0 Å². The Balaban J connectivity index is -0.0000000281. The van der Waals surface area contributed by atoms with Gasteiger partial charge in [0.05, 0.1) is 0 Å². The smallest absolute Gasteiger partial charge is 1.00 e. The molecule has 0 rings (SSSR count). The van der Waals surface area contributed by atoms with Gasteiger partial charge in [0.15, 0.2) is 0 Å². The van der Waals surface area contributed by atoms with Crippen LogP contribution < -0.4 is 59.1 Å². The first-order chi connectivity index (χ1) is 5.36. The quantitative estimate of drug-likeness (QED) is 0.279. The Morgan fingerprint density at radius 2 is 1.21 bits per heavy atom. The summed E-state index contributed by atoms with van der Waals surface area (Å²) in [6.45, 7) is 7.50. The average Bonchev–Trinajstić information content (AvgIpc) is 1.82. The first-order valence-electron chi connectivity index (χ1n) is 3.12. The fourth-order valence-electron chi connectivity index (χ4n) is 0.143. The zero-order valence-corrected chi connectivity index (χ0v) is 13.1. The molecule has 0 fully saturated rings. The second-order valence-corrected chi connectivity index (χ2v) is 2.22. The van der Waals surface area contributed by atoms with Gasteiger partial charge >= 0.3 is 71.1 Å². The topological polar surface area (TPSA) is 74.6 Å². The van der Waals surface area contributed by atoms with Crippen molar-refractivity contribution in [2.45, 2.75) is 13.8 Å². The van der Waals surface area contributed by atoms with Gasteiger partial charge < -0.3 is 13.1 Å². The Morgan fingerprint density at radius 1 is 1.07 bits per heavy atom. The van der Waals surface area contributed by atoms with Crippen LogP contribution in [0.4, 0.5) is 0 Å². The molecular formula is C8H14Na2O4. The fraction of sp³-hybridized carbons (Fsp3) is 0.250. The summed E-state index contributed by atoms with van der Waals surface area (Å²) in [7, 11) is 0. The molecule has 0 aromatic carbocycles. The van der Waals surface area contributed by atoms with Crippen LogP contribution in [0.3, 0.4) is 0 Å². The van der Waals surface area contributed by atoms with Gasteiger partial charge in [0.25, 0.3) is 0 Å². The Labute approximate surface area is 131 Å². The molecule has 0 aromatic rings. The van der Waals surface area contributed by atoms with Crippen molar-refractivity contribution in [3.8, 4) is 0 Å². The third-order valence-electron chi connectivity index (χ3n) is 0.368. The summed E-state index contributed by atoms with van der Waals surface area (Å²) in [5.41, 5.74) is 1.17. The van der Waals surface area contributed by atoms with Crippen LogP contribution in [-0.2, 0) is 9.59 Å². The van der Waals surface area contributed by atoms with Gasteiger partial charge in [0, 0.05) is 12.2 Å². The van der Waals surface area contributed by atoms with Crippen molar-refractivity contribution in [3.05, 3.63) is 24.3 Å². The number of aliphatic carboxylic acids is 2. The van der Waals surface area contributed by atoms with Crippen LogP contribution >= 0.6 is 0 Å². The summed E-state index contributed by atoms with van der Waals surface area (Å²) in [4.78, 5) is 19.1. The first kappa shape index (κ1) is 23.9. The Kier molecular flexibility index (Phi) is 27.1. The van der Waals surface area contributed by atoms with E-state index in [4.69, 9.17) is 10.2 Å². The van der Waals surface area contributed by atoms with E-state index in [2.05, 4.69) is 6.58 Å². The minimum atomic E-state index is -1.26. The minimum absolute atomic E-state index is 0. The van der Waals surface area contributed by atoms with Crippen LogP contribution in [0, 0.1) is 0 Å². The van der Waals surface area contributed by atoms with E-state index in [1.54, 1.807) is 0 Å². The summed E-state index contributed by atoms with van der Waals surface area (Å²) < 4.78 is 0. The van der Waals surface area contributed by atoms with Gasteiger partial charge in [-0.1, -0.05) is 5.57 Å². The zero-order chi connectivity index (χ0) is 10.1. The van der Waals surface area contributed by atoms with Gasteiger partial charge in [-0.05, 0) is 13.8 Å². The van der Waals surface area contributed by atoms with Crippen LogP contribution in [-0.4, -0.2) is 22.2 Å². The molecule has 0 bridgehead atoms. The molecule has 0 saturated carbocycles. The fourth-order valence-corrected chi connectivity index (χ4v) is 0.143. The van der Waals surface area contributed by atoms with E-state index in [-0.39, 0.29) is 62.0 Å². The molecule has 4 nitrogen and oxygen atoms in total. The van der Waals surface area contributed by atoms with Crippen molar-refractivity contribution in [1.29, 1.82) is 0 Å². The van der Waals surface area contributed by atoms with Gasteiger partial charge in [-0.15, -0.1) is 6.58 Å². The van der Waals surface area contributed by atoms with Gasteiger partial charge in [0.1, 0.15) is 0 Å². The molecule has 0 aliphatic carbocycles. The van der Waals surface area contributed by atoms with E-state index in [1.165, 1.54) is 5.57 Å². The normalized spacial score (nSPS) is 7.29. The molecule has 0 spiro atoms. The summed E-state index contributed by atoms with van der Waals surface area (Å²) in [5.74, 6) is -2.51. The molecule has 14 heavy (non-hydrogen) atoms. The number of rotatable bonds is 2. The number of carboxylic acids is 2. The number of hydrogen-bond acceptors (Lipinski definition) is 2. The molecule has 0 aliphatic heterocycles. The number of allylic oxidation sites excluding steroid dienone is 1. The van der Waals surface area contributed by atoms with Crippen molar-refractivity contribution < 1.29 is 81.8 Å². The molecule has 6 heteroatoms. The third-order valence-corrected chi connectivity index (χ3v) is 0.368. The van der Waals surface area contributed by atoms with Crippen LogP contribution in [0.5, 0.6) is 0 Å². The Hall–Kier alpha value is 0.420. The van der Waals surface area contributed by atoms with E-state index in [0.29, 0.717) is 12.2 Å². The van der Waals surface area contributed by atoms with Crippen molar-refractivity contribution in [1.82, 2.24) is 0 Å². The summed E-state index contributed by atoms with van der Waals surface area (Å²) in [5, 5.41) is 15.6. The molecular weight excluding hydrogens is 206 g/mol. The summed E-state index contributed by atoms with van der Waals surface area (Å²) in [6, 6.07) is 0. The van der Waals surface area contributed by atoms with Gasteiger partial charge in [-0.3, -0.25) is 0 Å². The second kappa shape index (κ2) is 15.9. The van der Waals surface area contributed by atoms with E-state index < -0.39 is 11.9 Å². The van der Waals surface area contributed by atoms with Gasteiger partial charge in [0.2, 0.25) is 0 Å². The minimum Gasteiger partial charge on any atom is -1.00 e. The summed E-state index contributed by atoms with van der Waals surface area (Å²) >= 11 is 0. The molecule has 0 unspecified atom stereocenters. The van der Waals surface area contributed by atoms with E-state index in [1.807, 2.05) is 13.8 Å². The van der Waals surface area contributed by atoms with Crippen LogP contribution in [0.25, 0.3) is 0 Å². The molecule has 0 saturated heterocycles. The maximum absolute atomic E-state index is 9.55. The molecule has 0 atom stereocenters. The standard InChI is InChI=1S/C4H4O4.C4H8.2Na.2H/c5-3(6)1-2-4(7)8;1-4(2)3;;;;/h1-2H,(H,5,6)(H,7,8);1H2,2-3H3;;;;/q;;2*+1;2*-1/b2-1-;;;;;. The van der Waals surface area contributed by atoms with E-state index >= 15 is 0 Å².